The third-order valence-electron chi connectivity index (χ3n) is 2.51. The molecule has 0 unspecified atom stereocenters. The Labute approximate surface area is 101 Å². The topological polar surface area (TPSA) is 55.5 Å². The number of hydrogen-bond acceptors (Lipinski definition) is 3. The smallest absolute Gasteiger partial charge is 0.282 e. The molecule has 90 valence electrons. The first-order chi connectivity index (χ1) is 8.15. The van der Waals surface area contributed by atoms with Crippen LogP contribution in [0.4, 0.5) is 0 Å². The fraction of sp³-hybridized carbons (Fsp3) is 0.385. The molecule has 0 saturated carbocycles. The summed E-state index contributed by atoms with van der Waals surface area (Å²) in [5.41, 5.74) is 2.20. The zero-order valence-electron chi connectivity index (χ0n) is 10.5. The summed E-state index contributed by atoms with van der Waals surface area (Å²) in [6.07, 6.45) is 0. The van der Waals surface area contributed by atoms with E-state index < -0.39 is 0 Å². The van der Waals surface area contributed by atoms with Crippen molar-refractivity contribution in [3.05, 3.63) is 35.7 Å². The van der Waals surface area contributed by atoms with E-state index in [9.17, 15) is 0 Å². The lowest BCUT2D eigenvalue weighted by atomic mass is 10.1. The molecule has 0 atom stereocenters. The summed E-state index contributed by atoms with van der Waals surface area (Å²) in [5.74, 6) is 1.34. The number of nitrogens with two attached hydrogens (primary N) is 1. The molecule has 17 heavy (non-hydrogen) atoms. The molecule has 4 heteroatoms. The first kappa shape index (κ1) is 11.8. The third kappa shape index (κ3) is 3.14. The van der Waals surface area contributed by atoms with E-state index in [4.69, 9.17) is 4.52 Å². The average molecular weight is 232 g/mol. The molecule has 1 aromatic carbocycles. The first-order valence-electron chi connectivity index (χ1n) is 5.88. The molecule has 0 bridgehead atoms. The molecule has 0 spiro atoms. The van der Waals surface area contributed by atoms with Gasteiger partial charge in [-0.15, -0.1) is 0 Å². The SMILES string of the molecule is Cc1cccc(-c2noc(C[NH2+]C(C)C)n2)c1. The highest BCUT2D eigenvalue weighted by molar-refractivity contribution is 5.55. The highest BCUT2D eigenvalue weighted by Gasteiger charge is 2.10. The van der Waals surface area contributed by atoms with E-state index in [0.29, 0.717) is 17.8 Å². The van der Waals surface area contributed by atoms with Gasteiger partial charge in [-0.1, -0.05) is 28.9 Å². The maximum atomic E-state index is 5.22. The highest BCUT2D eigenvalue weighted by atomic mass is 16.5. The largest absolute Gasteiger partial charge is 0.336 e. The molecular formula is C13H18N3O+. The second kappa shape index (κ2) is 5.10. The van der Waals surface area contributed by atoms with E-state index in [1.165, 1.54) is 5.56 Å². The minimum absolute atomic E-state index is 0.532. The molecule has 0 radical (unpaired) electrons. The summed E-state index contributed by atoms with van der Waals surface area (Å²) in [7, 11) is 0. The summed E-state index contributed by atoms with van der Waals surface area (Å²) >= 11 is 0. The molecule has 0 amide bonds. The van der Waals surface area contributed by atoms with Gasteiger partial charge in [-0.05, 0) is 26.8 Å². The van der Waals surface area contributed by atoms with Crippen LogP contribution in [0.25, 0.3) is 11.4 Å². The van der Waals surface area contributed by atoms with Gasteiger partial charge >= 0.3 is 0 Å². The van der Waals surface area contributed by atoms with Gasteiger partial charge in [0.15, 0.2) is 6.54 Å². The van der Waals surface area contributed by atoms with Gasteiger partial charge in [0, 0.05) is 5.56 Å². The van der Waals surface area contributed by atoms with E-state index in [1.807, 2.05) is 12.1 Å². The minimum atomic E-state index is 0.532. The van der Waals surface area contributed by atoms with E-state index in [2.05, 4.69) is 48.4 Å². The van der Waals surface area contributed by atoms with Crippen molar-refractivity contribution in [3.63, 3.8) is 0 Å². The molecule has 0 saturated heterocycles. The van der Waals surface area contributed by atoms with Gasteiger partial charge in [-0.3, -0.25) is 0 Å². The van der Waals surface area contributed by atoms with Crippen molar-refractivity contribution in [2.45, 2.75) is 33.4 Å². The van der Waals surface area contributed by atoms with Crippen LogP contribution in [-0.2, 0) is 6.54 Å². The number of aryl methyl sites for hydroxylation is 1. The van der Waals surface area contributed by atoms with Crippen LogP contribution in [-0.4, -0.2) is 16.2 Å². The number of rotatable bonds is 4. The lowest BCUT2D eigenvalue weighted by molar-refractivity contribution is -0.700. The summed E-state index contributed by atoms with van der Waals surface area (Å²) in [4.78, 5) is 4.38. The van der Waals surface area contributed by atoms with Crippen molar-refractivity contribution < 1.29 is 9.84 Å². The number of quaternary nitrogens is 1. The van der Waals surface area contributed by atoms with Gasteiger partial charge in [-0.2, -0.15) is 4.98 Å². The van der Waals surface area contributed by atoms with E-state index in [-0.39, 0.29) is 0 Å². The predicted octanol–water partition coefficient (Wildman–Crippen LogP) is 1.52. The monoisotopic (exact) mass is 232 g/mol. The predicted molar refractivity (Wildman–Crippen MR) is 65.2 cm³/mol. The Morgan fingerprint density at radius 2 is 2.18 bits per heavy atom. The van der Waals surface area contributed by atoms with E-state index >= 15 is 0 Å². The zero-order valence-corrected chi connectivity index (χ0v) is 10.5. The van der Waals surface area contributed by atoms with Crippen molar-refractivity contribution in [2.75, 3.05) is 0 Å². The Hall–Kier alpha value is -1.68. The molecule has 4 nitrogen and oxygen atoms in total. The van der Waals surface area contributed by atoms with Crippen molar-refractivity contribution in [1.82, 2.24) is 10.1 Å². The molecular weight excluding hydrogens is 214 g/mol. The maximum absolute atomic E-state index is 5.22. The van der Waals surface area contributed by atoms with Gasteiger partial charge in [0.25, 0.3) is 5.89 Å². The molecule has 0 aliphatic carbocycles. The first-order valence-corrected chi connectivity index (χ1v) is 5.88. The van der Waals surface area contributed by atoms with Crippen LogP contribution in [0.3, 0.4) is 0 Å². The summed E-state index contributed by atoms with van der Waals surface area (Å²) < 4.78 is 5.22. The Bertz CT molecular complexity index is 491. The molecule has 0 aliphatic rings. The molecule has 0 aliphatic heterocycles. The summed E-state index contributed by atoms with van der Waals surface area (Å²) in [6, 6.07) is 8.64. The molecule has 2 aromatic rings. The van der Waals surface area contributed by atoms with Gasteiger partial charge < -0.3 is 9.84 Å². The Balaban J connectivity index is 2.12. The van der Waals surface area contributed by atoms with Crippen molar-refractivity contribution >= 4 is 0 Å². The van der Waals surface area contributed by atoms with Crippen LogP contribution in [0.15, 0.2) is 28.8 Å². The Morgan fingerprint density at radius 3 is 2.88 bits per heavy atom. The number of hydrogen-bond donors (Lipinski definition) is 1. The van der Waals surface area contributed by atoms with Crippen LogP contribution in [0.1, 0.15) is 25.3 Å². The highest BCUT2D eigenvalue weighted by Crippen LogP contribution is 2.16. The van der Waals surface area contributed by atoms with E-state index in [1.54, 1.807) is 0 Å². The number of benzene rings is 1. The second-order valence-electron chi connectivity index (χ2n) is 4.57. The van der Waals surface area contributed by atoms with Crippen molar-refractivity contribution in [1.29, 1.82) is 0 Å². The lowest BCUT2D eigenvalue weighted by Crippen LogP contribution is -2.86. The fourth-order valence-electron chi connectivity index (χ4n) is 1.58. The van der Waals surface area contributed by atoms with Gasteiger partial charge in [0.2, 0.25) is 5.82 Å². The van der Waals surface area contributed by atoms with Crippen molar-refractivity contribution in [3.8, 4) is 11.4 Å². The van der Waals surface area contributed by atoms with Crippen LogP contribution in [0.2, 0.25) is 0 Å². The average Bonchev–Trinajstić information content (AvgIpc) is 2.75. The van der Waals surface area contributed by atoms with E-state index in [0.717, 1.165) is 12.1 Å². The fourth-order valence-corrected chi connectivity index (χ4v) is 1.58. The van der Waals surface area contributed by atoms with Gasteiger partial charge in [0.05, 0.1) is 6.04 Å². The number of nitrogens with zero attached hydrogens (tertiary/aromatic N) is 2. The quantitative estimate of drug-likeness (QED) is 0.869. The summed E-state index contributed by atoms with van der Waals surface area (Å²) in [6.45, 7) is 7.06. The minimum Gasteiger partial charge on any atom is -0.336 e. The second-order valence-corrected chi connectivity index (χ2v) is 4.57. The van der Waals surface area contributed by atoms with Crippen LogP contribution in [0, 0.1) is 6.92 Å². The Morgan fingerprint density at radius 1 is 1.35 bits per heavy atom. The molecule has 1 heterocycles. The van der Waals surface area contributed by atoms with Crippen LogP contribution >= 0.6 is 0 Å². The number of aromatic nitrogens is 2. The third-order valence-corrected chi connectivity index (χ3v) is 2.51. The van der Waals surface area contributed by atoms with Gasteiger partial charge in [-0.25, -0.2) is 0 Å². The van der Waals surface area contributed by atoms with Gasteiger partial charge in [0.1, 0.15) is 0 Å². The standard InChI is InChI=1S/C13H17N3O/c1-9(2)14-8-12-15-13(16-17-12)11-6-4-5-10(3)7-11/h4-7,9,14H,8H2,1-3H3/p+1. The lowest BCUT2D eigenvalue weighted by Gasteiger charge is -1.99. The normalized spacial score (nSPS) is 11.1. The molecule has 1 aromatic heterocycles. The van der Waals surface area contributed by atoms with Crippen molar-refractivity contribution in [2.24, 2.45) is 0 Å². The Kier molecular flexibility index (Phi) is 3.54. The molecule has 2 rings (SSSR count). The summed E-state index contributed by atoms with van der Waals surface area (Å²) in [5, 5.41) is 6.16. The van der Waals surface area contributed by atoms with Crippen LogP contribution < -0.4 is 5.32 Å². The van der Waals surface area contributed by atoms with Crippen LogP contribution in [0.5, 0.6) is 0 Å². The maximum Gasteiger partial charge on any atom is 0.282 e. The molecule has 2 N–H and O–H groups in total. The zero-order chi connectivity index (χ0) is 12.3. The molecule has 0 fully saturated rings.